The van der Waals surface area contributed by atoms with Crippen LogP contribution in [-0.2, 0) is 0 Å². The van der Waals surface area contributed by atoms with Gasteiger partial charge in [-0.1, -0.05) is 11.6 Å². The highest BCUT2D eigenvalue weighted by Gasteiger charge is 2.08. The summed E-state index contributed by atoms with van der Waals surface area (Å²) in [6.07, 6.45) is 0. The summed E-state index contributed by atoms with van der Waals surface area (Å²) in [5, 5.41) is 0.668. The summed E-state index contributed by atoms with van der Waals surface area (Å²) in [7, 11) is 0. The SMILES string of the molecule is Nc1ccc(-c2nc3c(Br)cc(Cl)cc3[nH]2)cc1. The van der Waals surface area contributed by atoms with Gasteiger partial charge in [0.05, 0.1) is 5.52 Å². The van der Waals surface area contributed by atoms with Crippen LogP contribution in [0.1, 0.15) is 0 Å². The maximum atomic E-state index is 6.01. The summed E-state index contributed by atoms with van der Waals surface area (Å²) in [5.74, 6) is 0.799. The Labute approximate surface area is 117 Å². The van der Waals surface area contributed by atoms with Gasteiger partial charge in [-0.05, 0) is 52.3 Å². The van der Waals surface area contributed by atoms with E-state index in [2.05, 4.69) is 25.9 Å². The number of aromatic amines is 1. The fourth-order valence-corrected chi connectivity index (χ4v) is 2.72. The monoisotopic (exact) mass is 321 g/mol. The van der Waals surface area contributed by atoms with Gasteiger partial charge in [-0.2, -0.15) is 0 Å². The summed E-state index contributed by atoms with van der Waals surface area (Å²) in [5.41, 5.74) is 9.16. The molecule has 2 aromatic carbocycles. The number of halogens is 2. The molecule has 0 saturated carbocycles. The zero-order valence-corrected chi connectivity index (χ0v) is 11.6. The number of fused-ring (bicyclic) bond motifs is 1. The molecule has 0 aliphatic heterocycles. The van der Waals surface area contributed by atoms with Crippen molar-refractivity contribution >= 4 is 44.3 Å². The van der Waals surface area contributed by atoms with E-state index >= 15 is 0 Å². The van der Waals surface area contributed by atoms with Crippen LogP contribution in [0.25, 0.3) is 22.4 Å². The number of nitrogens with two attached hydrogens (primary N) is 1. The third kappa shape index (κ3) is 1.98. The van der Waals surface area contributed by atoms with Gasteiger partial charge in [-0.25, -0.2) is 4.98 Å². The van der Waals surface area contributed by atoms with Crippen LogP contribution in [0.15, 0.2) is 40.9 Å². The van der Waals surface area contributed by atoms with Gasteiger partial charge in [0.15, 0.2) is 0 Å². The molecule has 0 radical (unpaired) electrons. The molecule has 0 unspecified atom stereocenters. The van der Waals surface area contributed by atoms with Crippen LogP contribution < -0.4 is 5.73 Å². The standard InChI is InChI=1S/C13H9BrClN3/c14-10-5-8(15)6-11-12(10)18-13(17-11)7-1-3-9(16)4-2-7/h1-6H,16H2,(H,17,18). The molecule has 3 N–H and O–H groups in total. The van der Waals surface area contributed by atoms with Crippen LogP contribution >= 0.6 is 27.5 Å². The van der Waals surface area contributed by atoms with E-state index < -0.39 is 0 Å². The molecule has 0 fully saturated rings. The van der Waals surface area contributed by atoms with Crippen LogP contribution in [0.2, 0.25) is 5.02 Å². The molecule has 0 atom stereocenters. The molecule has 0 aliphatic carbocycles. The minimum atomic E-state index is 0.668. The maximum Gasteiger partial charge on any atom is 0.138 e. The third-order valence-electron chi connectivity index (χ3n) is 2.69. The Morgan fingerprint density at radius 1 is 1.17 bits per heavy atom. The topological polar surface area (TPSA) is 54.7 Å². The second kappa shape index (κ2) is 4.30. The quantitative estimate of drug-likeness (QED) is 0.659. The van der Waals surface area contributed by atoms with Crippen molar-refractivity contribution < 1.29 is 0 Å². The lowest BCUT2D eigenvalue weighted by Gasteiger charge is -1.96. The van der Waals surface area contributed by atoms with Gasteiger partial charge in [0, 0.05) is 20.7 Å². The molecule has 0 spiro atoms. The molecule has 18 heavy (non-hydrogen) atoms. The first-order valence-electron chi connectivity index (χ1n) is 5.34. The predicted octanol–water partition coefficient (Wildman–Crippen LogP) is 4.23. The van der Waals surface area contributed by atoms with Gasteiger partial charge in [-0.15, -0.1) is 0 Å². The summed E-state index contributed by atoms with van der Waals surface area (Å²) in [6, 6.07) is 11.3. The molecule has 1 heterocycles. The van der Waals surface area contributed by atoms with E-state index in [4.69, 9.17) is 17.3 Å². The first kappa shape index (κ1) is 11.6. The largest absolute Gasteiger partial charge is 0.399 e. The summed E-state index contributed by atoms with van der Waals surface area (Å²) in [6.45, 7) is 0. The van der Waals surface area contributed by atoms with Crippen molar-refractivity contribution in [3.05, 3.63) is 45.9 Å². The number of nitrogens with one attached hydrogen (secondary N) is 1. The summed E-state index contributed by atoms with van der Waals surface area (Å²) >= 11 is 9.46. The molecular weight excluding hydrogens is 314 g/mol. The minimum Gasteiger partial charge on any atom is -0.399 e. The Morgan fingerprint density at radius 3 is 2.61 bits per heavy atom. The molecule has 3 nitrogen and oxygen atoms in total. The highest BCUT2D eigenvalue weighted by atomic mass is 79.9. The highest BCUT2D eigenvalue weighted by Crippen LogP contribution is 2.29. The number of imidazole rings is 1. The number of nitrogens with zero attached hydrogens (tertiary/aromatic N) is 1. The number of H-pyrrole nitrogens is 1. The molecule has 90 valence electrons. The second-order valence-corrected chi connectivity index (χ2v) is 5.28. The fraction of sp³-hybridized carbons (Fsp3) is 0. The smallest absolute Gasteiger partial charge is 0.138 e. The fourth-order valence-electron chi connectivity index (χ4n) is 1.82. The van der Waals surface area contributed by atoms with Gasteiger partial charge in [-0.3, -0.25) is 0 Å². The van der Waals surface area contributed by atoms with Crippen LogP contribution in [0.3, 0.4) is 0 Å². The van der Waals surface area contributed by atoms with Gasteiger partial charge in [0.1, 0.15) is 11.3 Å². The molecule has 0 aliphatic rings. The Bertz CT molecular complexity index is 719. The van der Waals surface area contributed by atoms with E-state index in [1.807, 2.05) is 36.4 Å². The van der Waals surface area contributed by atoms with E-state index in [1.165, 1.54) is 0 Å². The number of benzene rings is 2. The highest BCUT2D eigenvalue weighted by molar-refractivity contribution is 9.10. The molecule has 0 bridgehead atoms. The van der Waals surface area contributed by atoms with Gasteiger partial charge in [0.25, 0.3) is 0 Å². The summed E-state index contributed by atoms with van der Waals surface area (Å²) in [4.78, 5) is 7.80. The van der Waals surface area contributed by atoms with E-state index in [0.29, 0.717) is 5.02 Å². The number of hydrogen-bond acceptors (Lipinski definition) is 2. The van der Waals surface area contributed by atoms with Crippen molar-refractivity contribution in [2.45, 2.75) is 0 Å². The lowest BCUT2D eigenvalue weighted by Crippen LogP contribution is -1.84. The first-order chi connectivity index (χ1) is 8.63. The van der Waals surface area contributed by atoms with Crippen molar-refractivity contribution in [3.63, 3.8) is 0 Å². The Kier molecular flexibility index (Phi) is 2.76. The first-order valence-corrected chi connectivity index (χ1v) is 6.51. The van der Waals surface area contributed by atoms with Crippen molar-refractivity contribution in [1.82, 2.24) is 9.97 Å². The number of hydrogen-bond donors (Lipinski definition) is 2. The third-order valence-corrected chi connectivity index (χ3v) is 3.51. The van der Waals surface area contributed by atoms with Crippen molar-refractivity contribution in [2.75, 3.05) is 5.73 Å². The van der Waals surface area contributed by atoms with E-state index in [-0.39, 0.29) is 0 Å². The Balaban J connectivity index is 2.19. The molecular formula is C13H9BrClN3. The zero-order valence-electron chi connectivity index (χ0n) is 9.24. The van der Waals surface area contributed by atoms with Crippen molar-refractivity contribution in [3.8, 4) is 11.4 Å². The van der Waals surface area contributed by atoms with E-state index in [9.17, 15) is 0 Å². The Morgan fingerprint density at radius 2 is 1.89 bits per heavy atom. The number of aromatic nitrogens is 2. The zero-order chi connectivity index (χ0) is 12.7. The maximum absolute atomic E-state index is 6.01. The molecule has 0 amide bonds. The van der Waals surface area contributed by atoms with Crippen molar-refractivity contribution in [1.29, 1.82) is 0 Å². The van der Waals surface area contributed by atoms with Gasteiger partial charge in [0.2, 0.25) is 0 Å². The van der Waals surface area contributed by atoms with Crippen LogP contribution in [0.5, 0.6) is 0 Å². The molecule has 3 aromatic rings. The molecule has 0 saturated heterocycles. The van der Waals surface area contributed by atoms with Gasteiger partial charge >= 0.3 is 0 Å². The van der Waals surface area contributed by atoms with Crippen LogP contribution in [-0.4, -0.2) is 9.97 Å². The van der Waals surface area contributed by atoms with E-state index in [0.717, 1.165) is 32.6 Å². The lowest BCUT2D eigenvalue weighted by molar-refractivity contribution is 1.33. The molecule has 5 heteroatoms. The molecule has 1 aromatic heterocycles. The van der Waals surface area contributed by atoms with E-state index in [1.54, 1.807) is 0 Å². The second-order valence-electron chi connectivity index (χ2n) is 3.99. The van der Waals surface area contributed by atoms with Gasteiger partial charge < -0.3 is 10.7 Å². The number of nitrogen functional groups attached to an aromatic ring is 1. The number of anilines is 1. The minimum absolute atomic E-state index is 0.668. The van der Waals surface area contributed by atoms with Crippen LogP contribution in [0.4, 0.5) is 5.69 Å². The van der Waals surface area contributed by atoms with Crippen molar-refractivity contribution in [2.24, 2.45) is 0 Å². The Hall–Kier alpha value is -1.52. The average Bonchev–Trinajstić information content (AvgIpc) is 2.74. The normalized spacial score (nSPS) is 11.0. The molecule has 3 rings (SSSR count). The predicted molar refractivity (Wildman–Crippen MR) is 78.7 cm³/mol. The number of rotatable bonds is 1. The lowest BCUT2D eigenvalue weighted by atomic mass is 10.2. The average molecular weight is 323 g/mol. The van der Waals surface area contributed by atoms with Crippen LogP contribution in [0, 0.1) is 0 Å². The summed E-state index contributed by atoms with van der Waals surface area (Å²) < 4.78 is 0.878.